The van der Waals surface area contributed by atoms with E-state index in [2.05, 4.69) is 28.5 Å². The fraction of sp³-hybridized carbons (Fsp3) is 0.296. The van der Waals surface area contributed by atoms with Crippen LogP contribution in [0, 0.1) is 18.3 Å². The Hall–Kier alpha value is -3.46. The van der Waals surface area contributed by atoms with Crippen LogP contribution in [-0.2, 0) is 16.0 Å². The molecule has 1 atom stereocenters. The van der Waals surface area contributed by atoms with Gasteiger partial charge in [0.15, 0.2) is 10.1 Å². The maximum atomic E-state index is 13.2. The van der Waals surface area contributed by atoms with Crippen molar-refractivity contribution in [3.63, 3.8) is 0 Å². The minimum Gasteiger partial charge on any atom is -0.384 e. The van der Waals surface area contributed by atoms with Crippen LogP contribution in [0.3, 0.4) is 0 Å². The van der Waals surface area contributed by atoms with E-state index in [9.17, 15) is 14.9 Å². The number of nitrogens with two attached hydrogens (primary N) is 1. The van der Waals surface area contributed by atoms with Gasteiger partial charge in [-0.1, -0.05) is 42.2 Å². The zero-order valence-corrected chi connectivity index (χ0v) is 23.4. The highest BCUT2D eigenvalue weighted by atomic mass is 32.2. The molecule has 3 N–H and O–H groups in total. The summed E-state index contributed by atoms with van der Waals surface area (Å²) < 4.78 is 0.600. The fourth-order valence-corrected chi connectivity index (χ4v) is 7.47. The molecule has 1 amide bonds. The number of ketones is 1. The second kappa shape index (κ2) is 11.1. The number of amides is 1. The Balaban J connectivity index is 1.39. The number of nitriles is 1. The van der Waals surface area contributed by atoms with E-state index in [4.69, 9.17) is 5.73 Å². The van der Waals surface area contributed by atoms with Crippen LogP contribution in [0.2, 0.25) is 0 Å². The Bertz CT molecular complexity index is 1500. The van der Waals surface area contributed by atoms with Gasteiger partial charge in [-0.3, -0.25) is 14.5 Å². The van der Waals surface area contributed by atoms with Crippen LogP contribution in [0.4, 0.5) is 10.8 Å². The number of nitrogens with one attached hydrogen (secondary N) is 1. The molecule has 1 unspecified atom stereocenters. The minimum absolute atomic E-state index is 0.0389. The number of carbonyl (C=O) groups excluding carboxylic acids is 2. The van der Waals surface area contributed by atoms with E-state index in [1.807, 2.05) is 42.6 Å². The number of aryl methyl sites for hydroxylation is 2. The number of benzene rings is 1. The number of aromatic nitrogens is 2. The summed E-state index contributed by atoms with van der Waals surface area (Å²) in [5, 5.41) is 24.1. The average molecular weight is 563 g/mol. The maximum Gasteiger partial charge on any atom is 0.234 e. The van der Waals surface area contributed by atoms with E-state index in [1.165, 1.54) is 40.0 Å². The van der Waals surface area contributed by atoms with Crippen molar-refractivity contribution in [1.29, 1.82) is 5.26 Å². The summed E-state index contributed by atoms with van der Waals surface area (Å²) in [4.78, 5) is 28.4. The topological polar surface area (TPSA) is 125 Å². The third-order valence-electron chi connectivity index (χ3n) is 6.64. The molecule has 1 aliphatic carbocycles. The van der Waals surface area contributed by atoms with Crippen LogP contribution in [0.1, 0.15) is 48.1 Å². The molecular weight excluding hydrogens is 537 g/mol. The first kappa shape index (κ1) is 26.2. The first-order valence-electron chi connectivity index (χ1n) is 12.3. The third kappa shape index (κ3) is 4.99. The summed E-state index contributed by atoms with van der Waals surface area (Å²) in [5.74, 6) is -0.115. The highest BCUT2D eigenvalue weighted by molar-refractivity contribution is 8.01. The molecule has 0 spiro atoms. The third-order valence-corrected chi connectivity index (χ3v) is 9.76. The van der Waals surface area contributed by atoms with Gasteiger partial charge in [-0.05, 0) is 60.9 Å². The number of rotatable bonds is 7. The molecule has 194 valence electrons. The number of thiophene rings is 1. The maximum absolute atomic E-state index is 13.2. The Morgan fingerprint density at radius 2 is 2.05 bits per heavy atom. The first-order chi connectivity index (χ1) is 18.4. The van der Waals surface area contributed by atoms with E-state index in [0.717, 1.165) is 28.2 Å². The van der Waals surface area contributed by atoms with Gasteiger partial charge in [-0.15, -0.1) is 21.5 Å². The summed E-state index contributed by atoms with van der Waals surface area (Å²) in [6.45, 7) is 4.07. The molecule has 1 aromatic carbocycles. The number of nitrogens with zero attached hydrogens (tertiary/aromatic N) is 4. The van der Waals surface area contributed by atoms with E-state index < -0.39 is 5.92 Å². The molecule has 2 aromatic heterocycles. The number of anilines is 2. The van der Waals surface area contributed by atoms with Crippen molar-refractivity contribution in [1.82, 2.24) is 10.2 Å². The van der Waals surface area contributed by atoms with Crippen LogP contribution in [0.5, 0.6) is 0 Å². The van der Waals surface area contributed by atoms with E-state index >= 15 is 0 Å². The lowest BCUT2D eigenvalue weighted by Crippen LogP contribution is -2.38. The van der Waals surface area contributed by atoms with Gasteiger partial charge in [0.1, 0.15) is 5.82 Å². The lowest BCUT2D eigenvalue weighted by Gasteiger charge is -2.37. The molecule has 3 aromatic rings. The Kier molecular flexibility index (Phi) is 7.65. The summed E-state index contributed by atoms with van der Waals surface area (Å²) in [7, 11) is 0. The molecule has 0 fully saturated rings. The van der Waals surface area contributed by atoms with Gasteiger partial charge in [0.05, 0.1) is 23.3 Å². The van der Waals surface area contributed by atoms with Crippen molar-refractivity contribution >= 4 is 56.9 Å². The number of Topliss-reactive ketones (excluding diaryl/α,β-unsaturated/α-hetero) is 1. The average Bonchev–Trinajstić information content (AvgIpc) is 3.56. The number of allylic oxidation sites excluding steroid dienone is 3. The SMILES string of the molecule is CCc1ccc(NC(=O)CSc2nnc(N3C(N)=C(C#N)C(c4sccc4C)C4=C3CCCC4=O)s2)cc1. The standard InChI is InChI=1S/C27H26N6O2S3/c1-3-16-7-9-17(10-8-16)30-21(35)14-37-27-32-31-26(38-27)33-19-5-4-6-20(34)23(19)22(18(13-28)25(33)29)24-15(2)11-12-36-24/h7-12,22H,3-6,14,29H2,1-2H3,(H,30,35). The number of hydrogen-bond acceptors (Lipinski definition) is 10. The van der Waals surface area contributed by atoms with Crippen molar-refractivity contribution < 1.29 is 9.59 Å². The molecule has 0 saturated heterocycles. The highest BCUT2D eigenvalue weighted by Crippen LogP contribution is 2.48. The molecule has 0 bridgehead atoms. The van der Waals surface area contributed by atoms with Gasteiger partial charge in [0.2, 0.25) is 11.0 Å². The monoisotopic (exact) mass is 562 g/mol. The van der Waals surface area contributed by atoms with Crippen LogP contribution in [0.25, 0.3) is 0 Å². The van der Waals surface area contributed by atoms with Crippen LogP contribution >= 0.6 is 34.4 Å². The van der Waals surface area contributed by atoms with Gasteiger partial charge in [-0.2, -0.15) is 5.26 Å². The second-order valence-corrected chi connectivity index (χ2v) is 12.1. The number of carbonyl (C=O) groups is 2. The molecule has 3 heterocycles. The van der Waals surface area contributed by atoms with Crippen molar-refractivity contribution in [2.75, 3.05) is 16.0 Å². The zero-order valence-electron chi connectivity index (χ0n) is 21.0. The molecule has 0 radical (unpaired) electrons. The van der Waals surface area contributed by atoms with Crippen molar-refractivity contribution in [3.8, 4) is 6.07 Å². The molecule has 8 nitrogen and oxygen atoms in total. The normalized spacial score (nSPS) is 17.4. The quantitative estimate of drug-likeness (QED) is 0.361. The molecular formula is C27H26N6O2S3. The van der Waals surface area contributed by atoms with Gasteiger partial charge in [0.25, 0.3) is 0 Å². The zero-order chi connectivity index (χ0) is 26.8. The summed E-state index contributed by atoms with van der Waals surface area (Å²) >= 11 is 4.10. The van der Waals surface area contributed by atoms with Crippen molar-refractivity contribution in [3.05, 3.63) is 74.4 Å². The van der Waals surface area contributed by atoms with Crippen molar-refractivity contribution in [2.24, 2.45) is 5.73 Å². The molecule has 1 aliphatic heterocycles. The largest absolute Gasteiger partial charge is 0.384 e. The fourth-order valence-electron chi connectivity index (χ4n) is 4.75. The summed E-state index contributed by atoms with van der Waals surface area (Å²) in [6, 6.07) is 12.1. The lowest BCUT2D eigenvalue weighted by atomic mass is 9.78. The number of hydrogen-bond donors (Lipinski definition) is 2. The van der Waals surface area contributed by atoms with Gasteiger partial charge < -0.3 is 11.1 Å². The Labute approximate surface area is 233 Å². The van der Waals surface area contributed by atoms with Crippen LogP contribution in [0.15, 0.2) is 62.7 Å². The Morgan fingerprint density at radius 3 is 2.74 bits per heavy atom. The summed E-state index contributed by atoms with van der Waals surface area (Å²) in [5.41, 5.74) is 11.4. The second-order valence-electron chi connectivity index (χ2n) is 9.02. The van der Waals surface area contributed by atoms with Crippen LogP contribution in [-0.4, -0.2) is 27.6 Å². The van der Waals surface area contributed by atoms with Gasteiger partial charge in [0, 0.05) is 28.3 Å². The van der Waals surface area contributed by atoms with E-state index in [0.29, 0.717) is 39.9 Å². The molecule has 11 heteroatoms. The molecule has 2 aliphatic rings. The minimum atomic E-state index is -0.462. The predicted molar refractivity (Wildman–Crippen MR) is 152 cm³/mol. The Morgan fingerprint density at radius 1 is 1.26 bits per heavy atom. The highest BCUT2D eigenvalue weighted by Gasteiger charge is 2.42. The summed E-state index contributed by atoms with van der Waals surface area (Å²) in [6.07, 6.45) is 2.75. The van der Waals surface area contributed by atoms with E-state index in [-0.39, 0.29) is 23.3 Å². The number of thioether (sulfide) groups is 1. The lowest BCUT2D eigenvalue weighted by molar-refractivity contribution is -0.116. The van der Waals surface area contributed by atoms with E-state index in [1.54, 1.807) is 4.90 Å². The molecule has 5 rings (SSSR count). The van der Waals surface area contributed by atoms with Crippen LogP contribution < -0.4 is 16.0 Å². The van der Waals surface area contributed by atoms with Gasteiger partial charge in [-0.25, -0.2) is 0 Å². The van der Waals surface area contributed by atoms with Gasteiger partial charge >= 0.3 is 0 Å². The predicted octanol–water partition coefficient (Wildman–Crippen LogP) is 5.51. The molecule has 38 heavy (non-hydrogen) atoms. The first-order valence-corrected chi connectivity index (χ1v) is 14.9. The molecule has 0 saturated carbocycles. The smallest absolute Gasteiger partial charge is 0.234 e. The van der Waals surface area contributed by atoms with Crippen molar-refractivity contribution in [2.45, 2.75) is 49.8 Å².